The van der Waals surface area contributed by atoms with E-state index in [2.05, 4.69) is 0 Å². The SMILES string of the molecule is CCCCOC(=O)c1cc(OC)ccc1O. The average molecular weight is 224 g/mol. The molecule has 0 amide bonds. The second-order valence-corrected chi connectivity index (χ2v) is 3.37. The highest BCUT2D eigenvalue weighted by atomic mass is 16.5. The van der Waals surface area contributed by atoms with E-state index in [1.165, 1.54) is 19.2 Å². The van der Waals surface area contributed by atoms with Gasteiger partial charge >= 0.3 is 5.97 Å². The average Bonchev–Trinajstić information content (AvgIpc) is 2.30. The highest BCUT2D eigenvalue weighted by Gasteiger charge is 2.13. The lowest BCUT2D eigenvalue weighted by Gasteiger charge is -2.07. The third-order valence-electron chi connectivity index (χ3n) is 2.15. The Labute approximate surface area is 94.8 Å². The number of unbranched alkanes of at least 4 members (excludes halogenated alkanes) is 1. The smallest absolute Gasteiger partial charge is 0.342 e. The Morgan fingerprint density at radius 1 is 1.44 bits per heavy atom. The minimum atomic E-state index is -0.523. The molecule has 0 aliphatic heterocycles. The number of methoxy groups -OCH3 is 1. The molecule has 0 unspecified atom stereocenters. The fraction of sp³-hybridized carbons (Fsp3) is 0.417. The van der Waals surface area contributed by atoms with Crippen molar-refractivity contribution in [1.82, 2.24) is 0 Å². The van der Waals surface area contributed by atoms with Crippen LogP contribution in [0.5, 0.6) is 11.5 Å². The van der Waals surface area contributed by atoms with Gasteiger partial charge in [0.25, 0.3) is 0 Å². The van der Waals surface area contributed by atoms with E-state index in [9.17, 15) is 9.90 Å². The van der Waals surface area contributed by atoms with Crippen molar-refractivity contribution < 1.29 is 19.4 Å². The van der Waals surface area contributed by atoms with Crippen LogP contribution in [0.25, 0.3) is 0 Å². The minimum Gasteiger partial charge on any atom is -0.507 e. The molecule has 0 bridgehead atoms. The fourth-order valence-electron chi connectivity index (χ4n) is 1.19. The lowest BCUT2D eigenvalue weighted by atomic mass is 10.2. The van der Waals surface area contributed by atoms with Gasteiger partial charge in [0.15, 0.2) is 0 Å². The van der Waals surface area contributed by atoms with Crippen molar-refractivity contribution in [2.24, 2.45) is 0 Å². The number of phenols is 1. The first-order chi connectivity index (χ1) is 7.69. The zero-order chi connectivity index (χ0) is 12.0. The maximum absolute atomic E-state index is 11.6. The van der Waals surface area contributed by atoms with E-state index in [4.69, 9.17) is 9.47 Å². The molecule has 0 fully saturated rings. The van der Waals surface area contributed by atoms with Gasteiger partial charge in [0.1, 0.15) is 17.1 Å². The number of ether oxygens (including phenoxy) is 2. The summed E-state index contributed by atoms with van der Waals surface area (Å²) in [6.45, 7) is 2.38. The molecule has 88 valence electrons. The predicted octanol–water partition coefficient (Wildman–Crippen LogP) is 2.36. The van der Waals surface area contributed by atoms with E-state index < -0.39 is 5.97 Å². The Kier molecular flexibility index (Phi) is 4.64. The topological polar surface area (TPSA) is 55.8 Å². The molecular formula is C12H16O4. The molecule has 1 aromatic rings. The van der Waals surface area contributed by atoms with Gasteiger partial charge in [-0.25, -0.2) is 4.79 Å². The summed E-state index contributed by atoms with van der Waals surface area (Å²) in [4.78, 5) is 11.6. The number of hydrogen-bond donors (Lipinski definition) is 1. The monoisotopic (exact) mass is 224 g/mol. The first-order valence-electron chi connectivity index (χ1n) is 5.23. The molecule has 0 aliphatic carbocycles. The predicted molar refractivity (Wildman–Crippen MR) is 59.8 cm³/mol. The molecule has 0 aliphatic rings. The van der Waals surface area contributed by atoms with Crippen molar-refractivity contribution in [1.29, 1.82) is 0 Å². The lowest BCUT2D eigenvalue weighted by Crippen LogP contribution is -2.06. The molecule has 16 heavy (non-hydrogen) atoms. The van der Waals surface area contributed by atoms with Crippen LogP contribution in [-0.2, 0) is 4.74 Å². The standard InChI is InChI=1S/C12H16O4/c1-3-4-7-16-12(14)10-8-9(15-2)5-6-11(10)13/h5-6,8,13H,3-4,7H2,1-2H3. The van der Waals surface area contributed by atoms with Gasteiger partial charge in [0.2, 0.25) is 0 Å². The lowest BCUT2D eigenvalue weighted by molar-refractivity contribution is 0.0496. The Morgan fingerprint density at radius 3 is 2.81 bits per heavy atom. The van der Waals surface area contributed by atoms with Gasteiger partial charge < -0.3 is 14.6 Å². The Morgan fingerprint density at radius 2 is 2.19 bits per heavy atom. The molecule has 0 heterocycles. The summed E-state index contributed by atoms with van der Waals surface area (Å²) >= 11 is 0. The van der Waals surface area contributed by atoms with Crippen molar-refractivity contribution in [2.45, 2.75) is 19.8 Å². The molecule has 1 N–H and O–H groups in total. The van der Waals surface area contributed by atoms with Gasteiger partial charge in [-0.05, 0) is 24.6 Å². The van der Waals surface area contributed by atoms with Crippen molar-refractivity contribution in [3.8, 4) is 11.5 Å². The Balaban J connectivity index is 2.73. The highest BCUT2D eigenvalue weighted by molar-refractivity contribution is 5.92. The molecule has 1 aromatic carbocycles. The first-order valence-corrected chi connectivity index (χ1v) is 5.23. The molecule has 0 spiro atoms. The van der Waals surface area contributed by atoms with Crippen LogP contribution in [0.2, 0.25) is 0 Å². The van der Waals surface area contributed by atoms with E-state index in [1.54, 1.807) is 6.07 Å². The molecule has 0 atom stereocenters. The zero-order valence-electron chi connectivity index (χ0n) is 9.53. The van der Waals surface area contributed by atoms with Crippen LogP contribution in [0, 0.1) is 0 Å². The van der Waals surface area contributed by atoms with E-state index in [1.807, 2.05) is 6.92 Å². The molecular weight excluding hydrogens is 208 g/mol. The van der Waals surface area contributed by atoms with Gasteiger partial charge in [-0.15, -0.1) is 0 Å². The van der Waals surface area contributed by atoms with Crippen LogP contribution in [0.15, 0.2) is 18.2 Å². The van der Waals surface area contributed by atoms with E-state index in [0.29, 0.717) is 12.4 Å². The second kappa shape index (κ2) is 6.00. The van der Waals surface area contributed by atoms with Crippen LogP contribution in [0.3, 0.4) is 0 Å². The number of hydrogen-bond acceptors (Lipinski definition) is 4. The third-order valence-corrected chi connectivity index (χ3v) is 2.15. The first kappa shape index (κ1) is 12.4. The summed E-state index contributed by atoms with van der Waals surface area (Å²) in [6, 6.07) is 4.46. The number of rotatable bonds is 5. The Hall–Kier alpha value is -1.71. The largest absolute Gasteiger partial charge is 0.507 e. The van der Waals surface area contributed by atoms with E-state index in [0.717, 1.165) is 12.8 Å². The number of carbonyl (C=O) groups excluding carboxylic acids is 1. The number of esters is 1. The normalized spacial score (nSPS) is 9.88. The summed E-state index contributed by atoms with van der Waals surface area (Å²) in [6.07, 6.45) is 1.77. The summed E-state index contributed by atoms with van der Waals surface area (Å²) in [5.41, 5.74) is 0.135. The minimum absolute atomic E-state index is 0.0951. The van der Waals surface area contributed by atoms with Crippen molar-refractivity contribution in [2.75, 3.05) is 13.7 Å². The quantitative estimate of drug-likeness (QED) is 0.616. The summed E-state index contributed by atoms with van der Waals surface area (Å²) < 4.78 is 9.96. The van der Waals surface area contributed by atoms with Gasteiger partial charge in [-0.1, -0.05) is 13.3 Å². The molecule has 4 nitrogen and oxygen atoms in total. The Bertz CT molecular complexity index is 360. The summed E-state index contributed by atoms with van der Waals surface area (Å²) in [5.74, 6) is -0.104. The molecule has 4 heteroatoms. The van der Waals surface area contributed by atoms with Crippen molar-refractivity contribution >= 4 is 5.97 Å². The van der Waals surface area contributed by atoms with Crippen LogP contribution in [-0.4, -0.2) is 24.8 Å². The zero-order valence-corrected chi connectivity index (χ0v) is 9.53. The molecule has 0 radical (unpaired) electrons. The maximum Gasteiger partial charge on any atom is 0.342 e. The van der Waals surface area contributed by atoms with Crippen molar-refractivity contribution in [3.63, 3.8) is 0 Å². The van der Waals surface area contributed by atoms with Crippen LogP contribution >= 0.6 is 0 Å². The van der Waals surface area contributed by atoms with Gasteiger partial charge in [0.05, 0.1) is 13.7 Å². The number of benzene rings is 1. The van der Waals surface area contributed by atoms with Crippen LogP contribution in [0.1, 0.15) is 30.1 Å². The van der Waals surface area contributed by atoms with E-state index in [-0.39, 0.29) is 11.3 Å². The van der Waals surface area contributed by atoms with E-state index >= 15 is 0 Å². The van der Waals surface area contributed by atoms with Crippen LogP contribution < -0.4 is 4.74 Å². The molecule has 1 rings (SSSR count). The third kappa shape index (κ3) is 3.15. The molecule has 0 aromatic heterocycles. The van der Waals surface area contributed by atoms with Gasteiger partial charge in [-0.3, -0.25) is 0 Å². The highest BCUT2D eigenvalue weighted by Crippen LogP contribution is 2.23. The molecule has 0 saturated heterocycles. The maximum atomic E-state index is 11.6. The van der Waals surface area contributed by atoms with Crippen molar-refractivity contribution in [3.05, 3.63) is 23.8 Å². The second-order valence-electron chi connectivity index (χ2n) is 3.37. The van der Waals surface area contributed by atoms with Crippen LogP contribution in [0.4, 0.5) is 0 Å². The summed E-state index contributed by atoms with van der Waals surface area (Å²) in [5, 5.41) is 9.50. The number of carbonyl (C=O) groups is 1. The fourth-order valence-corrected chi connectivity index (χ4v) is 1.19. The van der Waals surface area contributed by atoms with Gasteiger partial charge in [0, 0.05) is 0 Å². The number of aromatic hydroxyl groups is 1. The summed E-state index contributed by atoms with van der Waals surface area (Å²) in [7, 11) is 1.50. The number of phenolic OH excluding ortho intramolecular Hbond substituents is 1. The molecule has 0 saturated carbocycles. The van der Waals surface area contributed by atoms with Gasteiger partial charge in [-0.2, -0.15) is 0 Å².